The molecule has 1 rings (SSSR count). The highest BCUT2D eigenvalue weighted by Gasteiger charge is 2.32. The van der Waals surface area contributed by atoms with Crippen molar-refractivity contribution in [2.75, 3.05) is 0 Å². The molecule has 0 N–H and O–H groups in total. The van der Waals surface area contributed by atoms with Gasteiger partial charge in [-0.25, -0.2) is 0 Å². The van der Waals surface area contributed by atoms with E-state index < -0.39 is 11.7 Å². The lowest BCUT2D eigenvalue weighted by atomic mass is 10.0. The Bertz CT molecular complexity index is 318. The van der Waals surface area contributed by atoms with Gasteiger partial charge >= 0.3 is 6.18 Å². The second-order valence-electron chi connectivity index (χ2n) is 2.90. The van der Waals surface area contributed by atoms with Crippen molar-refractivity contribution in [3.8, 4) is 0 Å². The summed E-state index contributed by atoms with van der Waals surface area (Å²) in [6, 6.07) is 3.60. The topological polar surface area (TPSA) is 0 Å². The maximum atomic E-state index is 12.4. The molecule has 1 radical (unpaired) electrons. The van der Waals surface area contributed by atoms with Gasteiger partial charge in [0, 0.05) is 5.02 Å². The third kappa shape index (κ3) is 2.64. The number of alkyl halides is 3. The second-order valence-corrected chi connectivity index (χ2v) is 3.34. The monoisotopic (exact) mass is 221 g/mol. The fourth-order valence-electron chi connectivity index (χ4n) is 1.24. The molecule has 1 aromatic rings. The fraction of sp³-hybridized carbons (Fsp3) is 0.300. The number of rotatable bonds is 2. The summed E-state index contributed by atoms with van der Waals surface area (Å²) in [5.41, 5.74) is -0.412. The van der Waals surface area contributed by atoms with Crippen LogP contribution in [0.1, 0.15) is 17.5 Å². The highest BCUT2D eigenvalue weighted by Crippen LogP contribution is 2.33. The summed E-state index contributed by atoms with van der Waals surface area (Å²) in [5, 5.41) is 0.321. The maximum absolute atomic E-state index is 12.4. The molecule has 0 nitrogen and oxygen atoms in total. The molecule has 14 heavy (non-hydrogen) atoms. The number of aryl methyl sites for hydroxylation is 1. The van der Waals surface area contributed by atoms with Gasteiger partial charge in [0.25, 0.3) is 0 Å². The molecule has 0 bridgehead atoms. The van der Waals surface area contributed by atoms with Crippen LogP contribution in [0.3, 0.4) is 0 Å². The average Bonchev–Trinajstić information content (AvgIpc) is 2.02. The van der Waals surface area contributed by atoms with Gasteiger partial charge in [-0.1, -0.05) is 18.5 Å². The maximum Gasteiger partial charge on any atom is 0.416 e. The molecule has 0 aliphatic heterocycles. The molecular formula is C10H9ClF3. The Kier molecular flexibility index (Phi) is 3.43. The van der Waals surface area contributed by atoms with Crippen molar-refractivity contribution in [3.63, 3.8) is 0 Å². The second kappa shape index (κ2) is 4.22. The summed E-state index contributed by atoms with van der Waals surface area (Å²) in [6.07, 6.45) is -3.60. The standard InChI is InChI=1S/C10H9ClF3/c1-2-3-7-6-8(11)4-5-9(7)10(12,13)14/h4-6H,1-3H2. The van der Waals surface area contributed by atoms with Crippen molar-refractivity contribution in [1.29, 1.82) is 0 Å². The summed E-state index contributed by atoms with van der Waals surface area (Å²) in [5.74, 6) is 0. The minimum atomic E-state index is -4.31. The third-order valence-electron chi connectivity index (χ3n) is 1.82. The van der Waals surface area contributed by atoms with Crippen molar-refractivity contribution in [2.24, 2.45) is 0 Å². The van der Waals surface area contributed by atoms with Gasteiger partial charge in [-0.15, -0.1) is 0 Å². The van der Waals surface area contributed by atoms with Crippen LogP contribution in [0.5, 0.6) is 0 Å². The number of hydrogen-bond donors (Lipinski definition) is 0. The Labute approximate surface area is 85.7 Å². The van der Waals surface area contributed by atoms with E-state index in [-0.39, 0.29) is 12.0 Å². The molecule has 0 unspecified atom stereocenters. The average molecular weight is 222 g/mol. The summed E-state index contributed by atoms with van der Waals surface area (Å²) in [4.78, 5) is 0. The molecular weight excluding hydrogens is 213 g/mol. The van der Waals surface area contributed by atoms with E-state index in [2.05, 4.69) is 6.92 Å². The predicted molar refractivity (Wildman–Crippen MR) is 50.1 cm³/mol. The van der Waals surface area contributed by atoms with Crippen LogP contribution in [0, 0.1) is 6.92 Å². The van der Waals surface area contributed by atoms with Crippen LogP contribution >= 0.6 is 11.6 Å². The molecule has 0 spiro atoms. The van der Waals surface area contributed by atoms with E-state index in [9.17, 15) is 13.2 Å². The van der Waals surface area contributed by atoms with Crippen molar-refractivity contribution < 1.29 is 13.2 Å². The van der Waals surface area contributed by atoms with Gasteiger partial charge in [-0.3, -0.25) is 0 Å². The minimum Gasteiger partial charge on any atom is -0.166 e. The van der Waals surface area contributed by atoms with E-state index in [0.29, 0.717) is 11.4 Å². The van der Waals surface area contributed by atoms with Crippen molar-refractivity contribution in [3.05, 3.63) is 41.3 Å². The van der Waals surface area contributed by atoms with Crippen molar-refractivity contribution in [2.45, 2.75) is 19.0 Å². The quantitative estimate of drug-likeness (QED) is 0.705. The zero-order chi connectivity index (χ0) is 10.8. The van der Waals surface area contributed by atoms with Crippen molar-refractivity contribution >= 4 is 11.6 Å². The zero-order valence-corrected chi connectivity index (χ0v) is 8.12. The highest BCUT2D eigenvalue weighted by atomic mass is 35.5. The molecule has 0 fully saturated rings. The Hall–Kier alpha value is -0.700. The van der Waals surface area contributed by atoms with Gasteiger partial charge < -0.3 is 0 Å². The molecule has 4 heteroatoms. The van der Waals surface area contributed by atoms with Gasteiger partial charge in [-0.2, -0.15) is 13.2 Å². The first-order valence-electron chi connectivity index (χ1n) is 4.10. The Morgan fingerprint density at radius 3 is 2.43 bits per heavy atom. The van der Waals surface area contributed by atoms with Gasteiger partial charge in [0.15, 0.2) is 0 Å². The highest BCUT2D eigenvalue weighted by molar-refractivity contribution is 6.30. The molecule has 0 heterocycles. The lowest BCUT2D eigenvalue weighted by molar-refractivity contribution is -0.138. The van der Waals surface area contributed by atoms with Crippen LogP contribution in [0.2, 0.25) is 5.02 Å². The molecule has 1 aromatic carbocycles. The predicted octanol–water partition coefficient (Wildman–Crippen LogP) is 4.13. The summed E-state index contributed by atoms with van der Waals surface area (Å²) in [6.45, 7) is 3.52. The lowest BCUT2D eigenvalue weighted by Crippen LogP contribution is -2.08. The first kappa shape index (κ1) is 11.4. The van der Waals surface area contributed by atoms with Crippen LogP contribution in [-0.4, -0.2) is 0 Å². The van der Waals surface area contributed by atoms with Crippen LogP contribution in [0.15, 0.2) is 18.2 Å². The summed E-state index contributed by atoms with van der Waals surface area (Å²) in [7, 11) is 0. The number of benzene rings is 1. The van der Waals surface area contributed by atoms with E-state index in [1.807, 2.05) is 0 Å². The molecule has 77 valence electrons. The smallest absolute Gasteiger partial charge is 0.166 e. The minimum absolute atomic E-state index is 0.208. The summed E-state index contributed by atoms with van der Waals surface area (Å²) >= 11 is 5.61. The third-order valence-corrected chi connectivity index (χ3v) is 2.05. The fourth-order valence-corrected chi connectivity index (χ4v) is 1.43. The molecule has 0 aliphatic carbocycles. The number of hydrogen-bond acceptors (Lipinski definition) is 0. The van der Waals surface area contributed by atoms with Gasteiger partial charge in [0.1, 0.15) is 0 Å². The normalized spacial score (nSPS) is 11.8. The molecule has 0 aliphatic rings. The first-order chi connectivity index (χ1) is 6.45. The molecule has 0 saturated carbocycles. The van der Waals surface area contributed by atoms with E-state index in [1.54, 1.807) is 0 Å². The Balaban J connectivity index is 3.15. The summed E-state index contributed by atoms with van der Waals surface area (Å²) < 4.78 is 37.3. The van der Waals surface area contributed by atoms with Gasteiger partial charge in [-0.05, 0) is 36.6 Å². The molecule has 0 aromatic heterocycles. The SMILES string of the molecule is [CH2]CCc1cc(Cl)ccc1C(F)(F)F. The van der Waals surface area contributed by atoms with E-state index in [4.69, 9.17) is 11.6 Å². The van der Waals surface area contributed by atoms with E-state index in [1.165, 1.54) is 12.1 Å². The zero-order valence-electron chi connectivity index (χ0n) is 7.37. The van der Waals surface area contributed by atoms with Crippen LogP contribution in [-0.2, 0) is 12.6 Å². The number of halogens is 4. The van der Waals surface area contributed by atoms with Gasteiger partial charge in [0.05, 0.1) is 5.56 Å². The van der Waals surface area contributed by atoms with E-state index in [0.717, 1.165) is 6.07 Å². The van der Waals surface area contributed by atoms with Crippen LogP contribution in [0.25, 0.3) is 0 Å². The van der Waals surface area contributed by atoms with Crippen molar-refractivity contribution in [1.82, 2.24) is 0 Å². The Morgan fingerprint density at radius 2 is 1.93 bits per heavy atom. The van der Waals surface area contributed by atoms with E-state index >= 15 is 0 Å². The molecule has 0 saturated heterocycles. The molecule has 0 atom stereocenters. The molecule has 0 amide bonds. The largest absolute Gasteiger partial charge is 0.416 e. The lowest BCUT2D eigenvalue weighted by Gasteiger charge is -2.12. The van der Waals surface area contributed by atoms with Gasteiger partial charge in [0.2, 0.25) is 0 Å². The first-order valence-corrected chi connectivity index (χ1v) is 4.48. The van der Waals surface area contributed by atoms with Crippen LogP contribution in [0.4, 0.5) is 13.2 Å². The van der Waals surface area contributed by atoms with Crippen LogP contribution < -0.4 is 0 Å². The Morgan fingerprint density at radius 1 is 1.29 bits per heavy atom.